The van der Waals surface area contributed by atoms with Crippen molar-refractivity contribution in [1.29, 1.82) is 0 Å². The minimum Gasteiger partial charge on any atom is -0.493 e. The third-order valence-electron chi connectivity index (χ3n) is 3.61. The highest BCUT2D eigenvalue weighted by Gasteiger charge is 2.27. The molecule has 4 rings (SSSR count). The normalized spacial score (nSPS) is 36.9. The van der Waals surface area contributed by atoms with E-state index in [-0.39, 0.29) is 17.2 Å². The third-order valence-corrected chi connectivity index (χ3v) is 3.61. The molecule has 1 unspecified atom stereocenters. The Morgan fingerprint density at radius 2 is 2.17 bits per heavy atom. The Hall–Kier alpha value is -2.27. The lowest BCUT2D eigenvalue weighted by Crippen LogP contribution is -2.38. The van der Waals surface area contributed by atoms with E-state index in [4.69, 9.17) is 29.3 Å². The topological polar surface area (TPSA) is 39.7 Å². The van der Waals surface area contributed by atoms with E-state index in [1.54, 1.807) is 0 Å². The molecule has 5 heteroatoms. The summed E-state index contributed by atoms with van der Waals surface area (Å²) in [5, 5.41) is 2.41. The summed E-state index contributed by atoms with van der Waals surface area (Å²) in [7, 11) is 0. The van der Waals surface area contributed by atoms with Crippen LogP contribution in [0.4, 0.5) is 4.39 Å². The Kier molecular flexibility index (Phi) is 2.04. The highest BCUT2D eigenvalue weighted by Crippen LogP contribution is 2.36. The molecule has 0 aliphatic carbocycles. The van der Waals surface area contributed by atoms with Crippen LogP contribution in [0.2, 0.25) is 0 Å². The summed E-state index contributed by atoms with van der Waals surface area (Å²) in [6.07, 6.45) is -0.622. The van der Waals surface area contributed by atoms with Gasteiger partial charge in [-0.2, -0.15) is 0 Å². The van der Waals surface area contributed by atoms with Crippen LogP contribution in [0.15, 0.2) is 42.4 Å². The lowest BCUT2D eigenvalue weighted by atomic mass is 9.81. The van der Waals surface area contributed by atoms with Gasteiger partial charge in [-0.15, -0.1) is 0 Å². The first-order chi connectivity index (χ1) is 16.0. The van der Waals surface area contributed by atoms with E-state index in [1.807, 2.05) is 0 Å². The van der Waals surface area contributed by atoms with Crippen molar-refractivity contribution >= 4 is 0 Å². The molecule has 2 aromatic rings. The Morgan fingerprint density at radius 3 is 3.04 bits per heavy atom. The number of hydrogen-bond donors (Lipinski definition) is 1. The first kappa shape index (κ1) is 7.31. The van der Waals surface area contributed by atoms with Crippen molar-refractivity contribution in [2.75, 3.05) is 26.3 Å². The molecule has 0 aromatic heterocycles. The van der Waals surface area contributed by atoms with Crippen molar-refractivity contribution in [3.63, 3.8) is 0 Å². The third kappa shape index (κ3) is 3.17. The molecule has 1 saturated heterocycles. The Labute approximate surface area is 156 Å². The molecule has 0 spiro atoms. The number of fused-ring (bicyclic) bond motifs is 1. The van der Waals surface area contributed by atoms with Crippen LogP contribution in [0, 0.1) is 11.7 Å². The fraction of sp³-hybridized carbons (Fsp3) is 0.368. The fourth-order valence-electron chi connectivity index (χ4n) is 2.39. The van der Waals surface area contributed by atoms with Gasteiger partial charge in [0.2, 0.25) is 6.75 Å². The van der Waals surface area contributed by atoms with Crippen LogP contribution >= 0.6 is 0 Å². The lowest BCUT2D eigenvalue weighted by molar-refractivity contribution is 0.173. The maximum atomic E-state index is 14.1. The molecular weight excluding hydrogens is 309 g/mol. The molecule has 2 aromatic carbocycles. The number of ether oxygens (including phenoxy) is 3. The van der Waals surface area contributed by atoms with Crippen LogP contribution in [-0.4, -0.2) is 26.3 Å². The lowest BCUT2D eigenvalue weighted by Gasteiger charge is -2.32. The fourth-order valence-corrected chi connectivity index (χ4v) is 2.39. The first-order valence-corrected chi connectivity index (χ1v) is 7.20. The molecule has 126 valence electrons. The second-order valence-corrected chi connectivity index (χ2v) is 5.14. The Balaban J connectivity index is 1.77. The molecule has 2 aliphatic rings. The largest absolute Gasteiger partial charge is 0.493 e. The van der Waals surface area contributed by atoms with Gasteiger partial charge < -0.3 is 19.5 Å². The number of halogens is 1. The molecule has 4 nitrogen and oxygen atoms in total. The van der Waals surface area contributed by atoms with E-state index >= 15 is 0 Å². The summed E-state index contributed by atoms with van der Waals surface area (Å²) in [4.78, 5) is 0. The quantitative estimate of drug-likeness (QED) is 0.927. The Bertz CT molecular complexity index is 1170. The first-order valence-electron chi connectivity index (χ1n) is 12.7. The number of rotatable bonds is 4. The number of piperidine rings is 1. The summed E-state index contributed by atoms with van der Waals surface area (Å²) in [6.45, 7) is -8.17. The van der Waals surface area contributed by atoms with Crippen LogP contribution in [0.25, 0.3) is 0 Å². The number of nitrogens with one attached hydrogen (secondary N) is 1. The smallest absolute Gasteiger partial charge is 0.231 e. The standard InChI is InChI=1S/C19H20FNO3/c20-15-3-1-13(2-4-15)17-7-8-21-10-14(17)11-22-16-5-6-18-19(9-16)24-12-23-18/h1-6,9,14,17,21H,7-8,10-12H2/t14?,17-/m0/s1/i1D,2D,3D,4D,8D2,11D2,12D2,14D. The van der Waals surface area contributed by atoms with Crippen LogP contribution < -0.4 is 19.5 Å². The van der Waals surface area contributed by atoms with Crippen LogP contribution in [-0.2, 0) is 0 Å². The van der Waals surface area contributed by atoms with Gasteiger partial charge in [-0.3, -0.25) is 0 Å². The van der Waals surface area contributed by atoms with Gasteiger partial charge in [-0.1, -0.05) is 12.1 Å². The van der Waals surface area contributed by atoms with Crippen LogP contribution in [0.1, 0.15) is 33.0 Å². The molecule has 0 amide bonds. The van der Waals surface area contributed by atoms with Crippen molar-refractivity contribution in [1.82, 2.24) is 5.32 Å². The van der Waals surface area contributed by atoms with Crippen LogP contribution in [0.5, 0.6) is 17.2 Å². The molecular formula is C19H20FNO3. The van der Waals surface area contributed by atoms with Gasteiger partial charge >= 0.3 is 0 Å². The molecule has 1 fully saturated rings. The van der Waals surface area contributed by atoms with Crippen LogP contribution in [0.3, 0.4) is 0 Å². The SMILES string of the molecule is [2H]c1c([2H])c([C@@H]2CC([2H])([2H])NCC2([2H])C([2H])([2H])Oc2ccc3c(c2)OC([2H])([2H])O3)c([2H])c([2H])c1F. The van der Waals surface area contributed by atoms with Gasteiger partial charge in [-0.05, 0) is 48.6 Å². The molecule has 1 N–H and O–H groups in total. The van der Waals surface area contributed by atoms with E-state index < -0.39 is 80.1 Å². The molecule has 24 heavy (non-hydrogen) atoms. The van der Waals surface area contributed by atoms with E-state index in [1.165, 1.54) is 12.1 Å². The maximum absolute atomic E-state index is 14.1. The maximum Gasteiger partial charge on any atom is 0.231 e. The van der Waals surface area contributed by atoms with Gasteiger partial charge in [-0.25, -0.2) is 4.39 Å². The van der Waals surface area contributed by atoms with E-state index in [0.717, 1.165) is 6.07 Å². The predicted octanol–water partition coefficient (Wildman–Crippen LogP) is 3.33. The van der Waals surface area contributed by atoms with Gasteiger partial charge in [0.15, 0.2) is 11.5 Å². The minimum atomic E-state index is -2.93. The zero-order chi connectivity index (χ0) is 26.1. The summed E-state index contributed by atoms with van der Waals surface area (Å²) < 4.78 is 119. The second kappa shape index (κ2) is 6.69. The van der Waals surface area contributed by atoms with Crippen molar-refractivity contribution in [3.8, 4) is 17.2 Å². The van der Waals surface area contributed by atoms with Gasteiger partial charge in [0, 0.05) is 22.6 Å². The van der Waals surface area contributed by atoms with E-state index in [9.17, 15) is 4.39 Å². The van der Waals surface area contributed by atoms with Crippen molar-refractivity contribution in [2.45, 2.75) is 12.3 Å². The molecule has 0 radical (unpaired) electrons. The summed E-state index contributed by atoms with van der Waals surface area (Å²) in [5.41, 5.74) is -0.492. The van der Waals surface area contributed by atoms with Crippen molar-refractivity contribution in [3.05, 3.63) is 53.7 Å². The van der Waals surface area contributed by atoms with E-state index in [2.05, 4.69) is 5.32 Å². The highest BCUT2D eigenvalue weighted by molar-refractivity contribution is 5.46. The Morgan fingerprint density at radius 1 is 1.33 bits per heavy atom. The monoisotopic (exact) mass is 340 g/mol. The summed E-state index contributed by atoms with van der Waals surface area (Å²) >= 11 is 0. The van der Waals surface area contributed by atoms with Gasteiger partial charge in [0.1, 0.15) is 14.3 Å². The van der Waals surface area contributed by atoms with Gasteiger partial charge in [0.05, 0.1) is 14.8 Å². The molecule has 0 saturated carbocycles. The summed E-state index contributed by atoms with van der Waals surface area (Å²) in [5.74, 6) is -5.60. The average molecular weight is 340 g/mol. The highest BCUT2D eigenvalue weighted by atomic mass is 19.1. The molecule has 2 heterocycles. The average Bonchev–Trinajstić information content (AvgIpc) is 3.06. The number of hydrogen-bond acceptors (Lipinski definition) is 4. The van der Waals surface area contributed by atoms with Gasteiger partial charge in [0.25, 0.3) is 0 Å². The second-order valence-electron chi connectivity index (χ2n) is 5.14. The van der Waals surface area contributed by atoms with Crippen molar-refractivity contribution < 1.29 is 33.7 Å². The zero-order valence-corrected chi connectivity index (χ0v) is 12.3. The predicted molar refractivity (Wildman–Crippen MR) is 88.2 cm³/mol. The molecule has 2 aliphatic heterocycles. The summed E-state index contributed by atoms with van der Waals surface area (Å²) in [6, 6.07) is 0.0122. The number of benzene rings is 2. The van der Waals surface area contributed by atoms with E-state index in [0.29, 0.717) is 0 Å². The molecule has 0 bridgehead atoms. The minimum absolute atomic E-state index is 0.0452. The molecule has 2 atom stereocenters. The van der Waals surface area contributed by atoms with Crippen molar-refractivity contribution in [2.24, 2.45) is 5.89 Å². The zero-order valence-electron chi connectivity index (χ0n) is 23.3.